The Kier molecular flexibility index (Phi) is 6.73. The van der Waals surface area contributed by atoms with Gasteiger partial charge in [0.05, 0.1) is 24.5 Å². The van der Waals surface area contributed by atoms with Crippen molar-refractivity contribution >= 4 is 22.1 Å². The van der Waals surface area contributed by atoms with E-state index in [4.69, 9.17) is 9.29 Å². The molecule has 2 amide bonds. The van der Waals surface area contributed by atoms with Gasteiger partial charge >= 0.3 is 12.0 Å². The molecule has 9 heteroatoms. The highest BCUT2D eigenvalue weighted by Gasteiger charge is 2.28. The van der Waals surface area contributed by atoms with E-state index in [1.807, 2.05) is 30.3 Å². The van der Waals surface area contributed by atoms with Crippen molar-refractivity contribution in [3.8, 4) is 0 Å². The first kappa shape index (κ1) is 18.7. The molecule has 1 atom stereocenters. The lowest BCUT2D eigenvalue weighted by molar-refractivity contribution is -0.139. The normalized spacial score (nSPS) is 16.9. The second-order valence-electron chi connectivity index (χ2n) is 4.51. The molecule has 1 aromatic carbocycles. The maximum atomic E-state index is 11.8. The SMILES string of the molecule is CCOC(=O)C1=CNC(=O)NC1c1ccccc1.CS(=O)(=O)O. The van der Waals surface area contributed by atoms with Crippen LogP contribution in [0.25, 0.3) is 0 Å². The second-order valence-corrected chi connectivity index (χ2v) is 5.98. The number of hydrogen-bond acceptors (Lipinski definition) is 5. The first-order valence-corrected chi connectivity index (χ1v) is 8.48. The molecule has 1 heterocycles. The van der Waals surface area contributed by atoms with Crippen molar-refractivity contribution in [3.05, 3.63) is 47.7 Å². The molecule has 1 unspecified atom stereocenters. The fourth-order valence-electron chi connectivity index (χ4n) is 1.78. The molecule has 3 N–H and O–H groups in total. The van der Waals surface area contributed by atoms with Gasteiger partial charge in [0, 0.05) is 6.20 Å². The third kappa shape index (κ3) is 6.94. The van der Waals surface area contributed by atoms with Gasteiger partial charge in [-0.2, -0.15) is 8.42 Å². The van der Waals surface area contributed by atoms with Gasteiger partial charge in [0.2, 0.25) is 0 Å². The Morgan fingerprint density at radius 1 is 1.30 bits per heavy atom. The van der Waals surface area contributed by atoms with Gasteiger partial charge in [-0.05, 0) is 12.5 Å². The molecule has 126 valence electrons. The molecule has 1 aliphatic heterocycles. The summed E-state index contributed by atoms with van der Waals surface area (Å²) in [5.74, 6) is -0.432. The van der Waals surface area contributed by atoms with E-state index in [0.29, 0.717) is 18.4 Å². The number of benzene rings is 1. The van der Waals surface area contributed by atoms with Crippen LogP contribution in [0.15, 0.2) is 42.1 Å². The average molecular weight is 342 g/mol. The number of carbonyl (C=O) groups is 2. The topological polar surface area (TPSA) is 122 Å². The van der Waals surface area contributed by atoms with Crippen LogP contribution in [0.2, 0.25) is 0 Å². The number of urea groups is 1. The van der Waals surface area contributed by atoms with Crippen molar-refractivity contribution in [2.24, 2.45) is 0 Å². The molecule has 0 fully saturated rings. The number of rotatable bonds is 3. The molecule has 0 bridgehead atoms. The monoisotopic (exact) mass is 342 g/mol. The molecule has 0 saturated carbocycles. The van der Waals surface area contributed by atoms with Crippen LogP contribution in [0, 0.1) is 0 Å². The zero-order valence-corrected chi connectivity index (χ0v) is 13.5. The van der Waals surface area contributed by atoms with Gasteiger partial charge in [0.15, 0.2) is 0 Å². The molecular weight excluding hydrogens is 324 g/mol. The minimum atomic E-state index is -3.67. The maximum Gasteiger partial charge on any atom is 0.337 e. The molecule has 2 rings (SSSR count). The van der Waals surface area contributed by atoms with E-state index >= 15 is 0 Å². The highest BCUT2D eigenvalue weighted by Crippen LogP contribution is 2.24. The van der Waals surface area contributed by atoms with Crippen LogP contribution < -0.4 is 10.6 Å². The molecule has 23 heavy (non-hydrogen) atoms. The Hall–Kier alpha value is -2.39. The van der Waals surface area contributed by atoms with Crippen molar-refractivity contribution in [2.45, 2.75) is 13.0 Å². The Bertz CT molecular complexity index is 676. The van der Waals surface area contributed by atoms with Crippen LogP contribution in [0.5, 0.6) is 0 Å². The van der Waals surface area contributed by atoms with Crippen LogP contribution in [0.1, 0.15) is 18.5 Å². The number of nitrogens with one attached hydrogen (secondary N) is 2. The van der Waals surface area contributed by atoms with Crippen LogP contribution in [-0.2, 0) is 19.6 Å². The number of esters is 1. The average Bonchev–Trinajstić information content (AvgIpc) is 2.46. The molecule has 0 spiro atoms. The third-order valence-electron chi connectivity index (χ3n) is 2.59. The summed E-state index contributed by atoms with van der Waals surface area (Å²) in [6, 6.07) is 8.47. The van der Waals surface area contributed by atoms with Crippen LogP contribution >= 0.6 is 0 Å². The van der Waals surface area contributed by atoms with Crippen molar-refractivity contribution in [3.63, 3.8) is 0 Å². The maximum absolute atomic E-state index is 11.8. The molecular formula is C14H18N2O6S. The summed E-state index contributed by atoms with van der Waals surface area (Å²) >= 11 is 0. The van der Waals surface area contributed by atoms with Gasteiger partial charge in [0.1, 0.15) is 0 Å². The quantitative estimate of drug-likeness (QED) is 0.556. The first-order valence-electron chi connectivity index (χ1n) is 6.64. The summed E-state index contributed by atoms with van der Waals surface area (Å²) < 4.78 is 30.8. The van der Waals surface area contributed by atoms with Crippen molar-refractivity contribution in [1.82, 2.24) is 10.6 Å². The Labute approximate surface area is 134 Å². The lowest BCUT2D eigenvalue weighted by Crippen LogP contribution is -2.42. The number of hydrogen-bond donors (Lipinski definition) is 3. The van der Waals surface area contributed by atoms with E-state index in [0.717, 1.165) is 5.56 Å². The Morgan fingerprint density at radius 2 is 1.87 bits per heavy atom. The van der Waals surface area contributed by atoms with E-state index < -0.39 is 22.1 Å². The predicted octanol–water partition coefficient (Wildman–Crippen LogP) is 0.992. The molecule has 1 aromatic rings. The third-order valence-corrected chi connectivity index (χ3v) is 2.59. The fourth-order valence-corrected chi connectivity index (χ4v) is 1.78. The van der Waals surface area contributed by atoms with Gasteiger partial charge in [-0.25, -0.2) is 9.59 Å². The number of amides is 2. The lowest BCUT2D eigenvalue weighted by atomic mass is 9.98. The molecule has 0 aromatic heterocycles. The van der Waals surface area contributed by atoms with E-state index in [1.54, 1.807) is 6.92 Å². The van der Waals surface area contributed by atoms with Crippen LogP contribution in [0.4, 0.5) is 4.79 Å². The summed E-state index contributed by atoms with van der Waals surface area (Å²) in [5.41, 5.74) is 1.23. The van der Waals surface area contributed by atoms with Gasteiger partial charge in [-0.15, -0.1) is 0 Å². The van der Waals surface area contributed by atoms with Gasteiger partial charge < -0.3 is 15.4 Å². The minimum absolute atomic E-state index is 0.297. The largest absolute Gasteiger partial charge is 0.463 e. The van der Waals surface area contributed by atoms with Gasteiger partial charge in [-0.1, -0.05) is 30.3 Å². The Morgan fingerprint density at radius 3 is 2.39 bits per heavy atom. The summed E-state index contributed by atoms with van der Waals surface area (Å²) in [7, 11) is -3.67. The Balaban J connectivity index is 0.000000463. The summed E-state index contributed by atoms with van der Waals surface area (Å²) in [6.45, 7) is 2.04. The summed E-state index contributed by atoms with van der Waals surface area (Å²) in [5, 5.41) is 5.16. The zero-order valence-electron chi connectivity index (χ0n) is 12.6. The smallest absolute Gasteiger partial charge is 0.337 e. The highest BCUT2D eigenvalue weighted by molar-refractivity contribution is 7.85. The van der Waals surface area contributed by atoms with Gasteiger partial charge in [0.25, 0.3) is 10.1 Å². The number of carbonyl (C=O) groups excluding carboxylic acids is 2. The second kappa shape index (κ2) is 8.30. The van der Waals surface area contributed by atoms with Gasteiger partial charge in [-0.3, -0.25) is 4.55 Å². The van der Waals surface area contributed by atoms with Crippen molar-refractivity contribution in [2.75, 3.05) is 12.9 Å². The molecule has 8 nitrogen and oxygen atoms in total. The first-order chi connectivity index (χ1) is 10.7. The lowest BCUT2D eigenvalue weighted by Gasteiger charge is -2.24. The predicted molar refractivity (Wildman–Crippen MR) is 83.0 cm³/mol. The summed E-state index contributed by atoms with van der Waals surface area (Å²) in [4.78, 5) is 23.2. The molecule has 1 aliphatic rings. The van der Waals surface area contributed by atoms with E-state index in [-0.39, 0.29) is 6.03 Å². The summed E-state index contributed by atoms with van der Waals surface area (Å²) in [6.07, 6.45) is 2.11. The van der Waals surface area contributed by atoms with E-state index in [9.17, 15) is 18.0 Å². The van der Waals surface area contributed by atoms with E-state index in [1.165, 1.54) is 6.20 Å². The van der Waals surface area contributed by atoms with Crippen molar-refractivity contribution in [1.29, 1.82) is 0 Å². The number of ether oxygens (including phenoxy) is 1. The standard InChI is InChI=1S/C13H14N2O3.CH4O3S/c1-2-18-12(16)10-8-14-13(17)15-11(10)9-6-4-3-5-7-9;1-5(2,3)4/h3-8,11H,2H2,1H3,(H2,14,15,17);1H3,(H,2,3,4). The molecule has 0 saturated heterocycles. The highest BCUT2D eigenvalue weighted by atomic mass is 32.2. The minimum Gasteiger partial charge on any atom is -0.463 e. The van der Waals surface area contributed by atoms with E-state index in [2.05, 4.69) is 10.6 Å². The molecule has 0 aliphatic carbocycles. The fraction of sp³-hybridized carbons (Fsp3) is 0.286. The molecule has 0 radical (unpaired) electrons. The van der Waals surface area contributed by atoms with Crippen LogP contribution in [-0.4, -0.2) is 37.8 Å². The van der Waals surface area contributed by atoms with Crippen LogP contribution in [0.3, 0.4) is 0 Å². The van der Waals surface area contributed by atoms with Crippen molar-refractivity contribution < 1.29 is 27.3 Å². The zero-order chi connectivity index (χ0) is 17.5.